The van der Waals surface area contributed by atoms with Crippen LogP contribution in [0.15, 0.2) is 18.2 Å². The summed E-state index contributed by atoms with van der Waals surface area (Å²) in [5, 5.41) is 5.30. The Morgan fingerprint density at radius 3 is 2.90 bits per heavy atom. The van der Waals surface area contributed by atoms with Crippen LogP contribution in [0.2, 0.25) is 0 Å². The van der Waals surface area contributed by atoms with Crippen LogP contribution in [0.3, 0.4) is 0 Å². The molecule has 1 unspecified atom stereocenters. The molecular formula is C13H14N2O5S. The molecule has 1 fully saturated rings. The number of ether oxygens (including phenoxy) is 1. The minimum absolute atomic E-state index is 0.0450. The molecule has 2 aliphatic rings. The Kier molecular flexibility index (Phi) is 3.32. The Labute approximate surface area is 121 Å². The fraction of sp³-hybridized carbons (Fsp3) is 0.385. The van der Waals surface area contributed by atoms with E-state index < -0.39 is 21.8 Å². The normalized spacial score (nSPS) is 22.9. The van der Waals surface area contributed by atoms with Gasteiger partial charge in [-0.1, -0.05) is 6.07 Å². The molecule has 0 saturated carbocycles. The second-order valence-corrected chi connectivity index (χ2v) is 7.32. The lowest BCUT2D eigenvalue weighted by atomic mass is 10.1. The molecule has 2 amide bonds. The van der Waals surface area contributed by atoms with E-state index in [-0.39, 0.29) is 29.6 Å². The van der Waals surface area contributed by atoms with Gasteiger partial charge in [-0.15, -0.1) is 0 Å². The minimum atomic E-state index is -3.06. The number of hydrogen-bond acceptors (Lipinski definition) is 5. The first kappa shape index (κ1) is 13.9. The standard InChI is InChI=1S/C13H14N2O5S/c16-11-6-20-10-3-1-2-9(12(10)15-11)13(17)14-8-4-5-21(18,19)7-8/h1-3,8H,4-7H2,(H,14,17)(H,15,16). The van der Waals surface area contributed by atoms with Gasteiger partial charge in [-0.2, -0.15) is 0 Å². The van der Waals surface area contributed by atoms with Gasteiger partial charge in [0.15, 0.2) is 16.4 Å². The van der Waals surface area contributed by atoms with E-state index in [0.29, 0.717) is 17.9 Å². The van der Waals surface area contributed by atoms with Crippen LogP contribution < -0.4 is 15.4 Å². The van der Waals surface area contributed by atoms with E-state index in [4.69, 9.17) is 4.74 Å². The number of fused-ring (bicyclic) bond motifs is 1. The first-order valence-electron chi connectivity index (χ1n) is 6.51. The van der Waals surface area contributed by atoms with Gasteiger partial charge in [0.25, 0.3) is 11.8 Å². The van der Waals surface area contributed by atoms with Gasteiger partial charge in [0.05, 0.1) is 22.8 Å². The number of carbonyl (C=O) groups excluding carboxylic acids is 2. The van der Waals surface area contributed by atoms with Crippen LogP contribution in [-0.4, -0.2) is 44.4 Å². The molecule has 1 saturated heterocycles. The molecule has 1 aromatic rings. The molecule has 0 bridgehead atoms. The minimum Gasteiger partial charge on any atom is -0.482 e. The average molecular weight is 310 g/mol. The smallest absolute Gasteiger partial charge is 0.262 e. The van der Waals surface area contributed by atoms with Gasteiger partial charge < -0.3 is 15.4 Å². The summed E-state index contributed by atoms with van der Waals surface area (Å²) in [4.78, 5) is 23.7. The lowest BCUT2D eigenvalue weighted by Crippen LogP contribution is -2.36. The number of amides is 2. The number of sulfone groups is 1. The Bertz CT molecular complexity index is 713. The summed E-state index contributed by atoms with van der Waals surface area (Å²) >= 11 is 0. The molecule has 1 atom stereocenters. The van der Waals surface area contributed by atoms with Gasteiger partial charge in [0.1, 0.15) is 5.75 Å². The number of para-hydroxylation sites is 1. The summed E-state index contributed by atoms with van der Waals surface area (Å²) < 4.78 is 28.1. The predicted molar refractivity (Wildman–Crippen MR) is 75.1 cm³/mol. The highest BCUT2D eigenvalue weighted by molar-refractivity contribution is 7.91. The monoisotopic (exact) mass is 310 g/mol. The second-order valence-electron chi connectivity index (χ2n) is 5.09. The molecule has 21 heavy (non-hydrogen) atoms. The molecule has 2 N–H and O–H groups in total. The van der Waals surface area contributed by atoms with Crippen molar-refractivity contribution in [1.29, 1.82) is 0 Å². The van der Waals surface area contributed by atoms with Crippen molar-refractivity contribution in [3.05, 3.63) is 23.8 Å². The Balaban J connectivity index is 1.81. The predicted octanol–water partition coefficient (Wildman–Crippen LogP) is -0.0656. The first-order chi connectivity index (χ1) is 9.94. The molecule has 8 heteroatoms. The van der Waals surface area contributed by atoms with Crippen LogP contribution in [-0.2, 0) is 14.6 Å². The van der Waals surface area contributed by atoms with Crippen LogP contribution >= 0.6 is 0 Å². The van der Waals surface area contributed by atoms with E-state index in [0.717, 1.165) is 0 Å². The van der Waals surface area contributed by atoms with Crippen LogP contribution in [0.25, 0.3) is 0 Å². The second kappa shape index (κ2) is 5.03. The van der Waals surface area contributed by atoms with E-state index in [1.54, 1.807) is 18.2 Å². The van der Waals surface area contributed by atoms with Crippen LogP contribution in [0, 0.1) is 0 Å². The van der Waals surface area contributed by atoms with Crippen molar-refractivity contribution in [2.45, 2.75) is 12.5 Å². The summed E-state index contributed by atoms with van der Waals surface area (Å²) in [5.74, 6) is -0.270. The van der Waals surface area contributed by atoms with Crippen LogP contribution in [0.1, 0.15) is 16.8 Å². The fourth-order valence-electron chi connectivity index (χ4n) is 2.46. The Morgan fingerprint density at radius 1 is 1.38 bits per heavy atom. The van der Waals surface area contributed by atoms with Crippen LogP contribution in [0.5, 0.6) is 5.75 Å². The Hall–Kier alpha value is -2.09. The number of anilines is 1. The summed E-state index contributed by atoms with van der Waals surface area (Å²) in [6, 6.07) is 4.48. The van der Waals surface area contributed by atoms with Crippen LogP contribution in [0.4, 0.5) is 5.69 Å². The third-order valence-corrected chi connectivity index (χ3v) is 5.23. The molecule has 0 aliphatic carbocycles. The molecule has 0 aromatic heterocycles. The zero-order chi connectivity index (χ0) is 15.0. The van der Waals surface area contributed by atoms with Crippen molar-refractivity contribution in [1.82, 2.24) is 5.32 Å². The van der Waals surface area contributed by atoms with E-state index in [9.17, 15) is 18.0 Å². The molecular weight excluding hydrogens is 296 g/mol. The van der Waals surface area contributed by atoms with Crippen molar-refractivity contribution in [3.8, 4) is 5.75 Å². The van der Waals surface area contributed by atoms with Crippen molar-refractivity contribution in [3.63, 3.8) is 0 Å². The molecule has 2 heterocycles. The maximum atomic E-state index is 12.3. The molecule has 7 nitrogen and oxygen atoms in total. The zero-order valence-corrected chi connectivity index (χ0v) is 11.9. The van der Waals surface area contributed by atoms with Crippen molar-refractivity contribution in [2.24, 2.45) is 0 Å². The lowest BCUT2D eigenvalue weighted by Gasteiger charge is -2.21. The highest BCUT2D eigenvalue weighted by atomic mass is 32.2. The SMILES string of the molecule is O=C1COc2cccc(C(=O)NC3CCS(=O)(=O)C3)c2N1. The summed E-state index contributed by atoms with van der Waals surface area (Å²) in [6.07, 6.45) is 0.409. The molecule has 0 spiro atoms. The maximum absolute atomic E-state index is 12.3. The van der Waals surface area contributed by atoms with Crippen molar-refractivity contribution in [2.75, 3.05) is 23.4 Å². The van der Waals surface area contributed by atoms with Gasteiger partial charge in [0.2, 0.25) is 0 Å². The number of nitrogens with one attached hydrogen (secondary N) is 2. The molecule has 0 radical (unpaired) electrons. The summed E-state index contributed by atoms with van der Waals surface area (Å²) in [7, 11) is -3.06. The zero-order valence-electron chi connectivity index (χ0n) is 11.1. The quantitative estimate of drug-likeness (QED) is 0.796. The third kappa shape index (κ3) is 2.85. The molecule has 3 rings (SSSR count). The highest BCUT2D eigenvalue weighted by Gasteiger charge is 2.30. The summed E-state index contributed by atoms with van der Waals surface area (Å²) in [6.45, 7) is -0.0844. The maximum Gasteiger partial charge on any atom is 0.262 e. The Morgan fingerprint density at radius 2 is 2.19 bits per heavy atom. The largest absolute Gasteiger partial charge is 0.482 e. The number of carbonyl (C=O) groups is 2. The van der Waals surface area contributed by atoms with Gasteiger partial charge in [-0.05, 0) is 18.6 Å². The third-order valence-electron chi connectivity index (χ3n) is 3.46. The number of hydrogen-bond donors (Lipinski definition) is 2. The van der Waals surface area contributed by atoms with E-state index >= 15 is 0 Å². The van der Waals surface area contributed by atoms with Gasteiger partial charge in [-0.25, -0.2) is 8.42 Å². The van der Waals surface area contributed by atoms with Gasteiger partial charge in [0, 0.05) is 6.04 Å². The lowest BCUT2D eigenvalue weighted by molar-refractivity contribution is -0.118. The van der Waals surface area contributed by atoms with Gasteiger partial charge in [-0.3, -0.25) is 9.59 Å². The van der Waals surface area contributed by atoms with E-state index in [2.05, 4.69) is 10.6 Å². The van der Waals surface area contributed by atoms with Gasteiger partial charge >= 0.3 is 0 Å². The average Bonchev–Trinajstić information content (AvgIpc) is 2.77. The van der Waals surface area contributed by atoms with Crippen molar-refractivity contribution < 1.29 is 22.7 Å². The summed E-state index contributed by atoms with van der Waals surface area (Å²) in [5.41, 5.74) is 0.594. The van der Waals surface area contributed by atoms with E-state index in [1.807, 2.05) is 0 Å². The first-order valence-corrected chi connectivity index (χ1v) is 8.34. The molecule has 112 valence electrons. The molecule has 2 aliphatic heterocycles. The topological polar surface area (TPSA) is 102 Å². The van der Waals surface area contributed by atoms with E-state index in [1.165, 1.54) is 0 Å². The number of benzene rings is 1. The van der Waals surface area contributed by atoms with Crippen molar-refractivity contribution >= 4 is 27.3 Å². The molecule has 1 aromatic carbocycles. The fourth-order valence-corrected chi connectivity index (χ4v) is 4.13. The highest BCUT2D eigenvalue weighted by Crippen LogP contribution is 2.31. The number of rotatable bonds is 2.